The number of fused-ring (bicyclic) bond motifs is 1. The summed E-state index contributed by atoms with van der Waals surface area (Å²) in [6.45, 7) is 3.94. The Morgan fingerprint density at radius 3 is 2.86 bits per heavy atom. The molecule has 3 rings (SSSR count). The SMILES string of the molecule is Cc1ccn2cc(C(=O)NCc3ccc(C)c(F)c3)nc2c1. The quantitative estimate of drug-likeness (QED) is 0.807. The summed E-state index contributed by atoms with van der Waals surface area (Å²) >= 11 is 0. The molecule has 2 heterocycles. The van der Waals surface area contributed by atoms with Crippen LogP contribution in [0, 0.1) is 19.7 Å². The van der Waals surface area contributed by atoms with Gasteiger partial charge in [0.05, 0.1) is 0 Å². The molecule has 0 unspecified atom stereocenters. The van der Waals surface area contributed by atoms with E-state index >= 15 is 0 Å². The third-order valence-electron chi connectivity index (χ3n) is 3.54. The molecular formula is C17H16FN3O. The number of rotatable bonds is 3. The minimum atomic E-state index is -0.276. The van der Waals surface area contributed by atoms with Crippen LogP contribution in [0.25, 0.3) is 5.65 Å². The summed E-state index contributed by atoms with van der Waals surface area (Å²) in [4.78, 5) is 16.4. The van der Waals surface area contributed by atoms with Gasteiger partial charge in [-0.1, -0.05) is 12.1 Å². The number of nitrogens with zero attached hydrogens (tertiary/aromatic N) is 2. The Bertz CT molecular complexity index is 854. The predicted octanol–water partition coefficient (Wildman–Crippen LogP) is 3.02. The topological polar surface area (TPSA) is 46.4 Å². The summed E-state index contributed by atoms with van der Waals surface area (Å²) in [5.41, 5.74) is 3.46. The first-order chi connectivity index (χ1) is 10.5. The number of pyridine rings is 1. The standard InChI is InChI=1S/C17H16FN3O/c1-11-5-6-21-10-15(20-16(21)7-11)17(22)19-9-13-4-3-12(2)14(18)8-13/h3-8,10H,9H2,1-2H3,(H,19,22). The number of hydrogen-bond donors (Lipinski definition) is 1. The van der Waals surface area contributed by atoms with E-state index in [0.29, 0.717) is 11.3 Å². The van der Waals surface area contributed by atoms with Gasteiger partial charge >= 0.3 is 0 Å². The number of benzene rings is 1. The van der Waals surface area contributed by atoms with Crippen molar-refractivity contribution in [2.24, 2.45) is 0 Å². The number of aryl methyl sites for hydroxylation is 2. The average Bonchev–Trinajstić information content (AvgIpc) is 2.91. The monoisotopic (exact) mass is 297 g/mol. The molecule has 22 heavy (non-hydrogen) atoms. The highest BCUT2D eigenvalue weighted by atomic mass is 19.1. The van der Waals surface area contributed by atoms with Crippen molar-refractivity contribution in [1.82, 2.24) is 14.7 Å². The lowest BCUT2D eigenvalue weighted by atomic mass is 10.1. The number of carbonyl (C=O) groups is 1. The fourth-order valence-corrected chi connectivity index (χ4v) is 2.21. The van der Waals surface area contributed by atoms with Gasteiger partial charge in [-0.05, 0) is 48.7 Å². The third kappa shape index (κ3) is 2.83. The molecule has 2 aromatic heterocycles. The smallest absolute Gasteiger partial charge is 0.271 e. The molecule has 1 N–H and O–H groups in total. The van der Waals surface area contributed by atoms with Crippen molar-refractivity contribution in [2.75, 3.05) is 0 Å². The molecule has 112 valence electrons. The van der Waals surface area contributed by atoms with Crippen LogP contribution in [0.5, 0.6) is 0 Å². The van der Waals surface area contributed by atoms with Crippen LogP contribution in [0.1, 0.15) is 27.2 Å². The van der Waals surface area contributed by atoms with Crippen LogP contribution in [0.15, 0.2) is 42.7 Å². The number of imidazole rings is 1. The van der Waals surface area contributed by atoms with Crippen LogP contribution in [0.2, 0.25) is 0 Å². The minimum absolute atomic E-state index is 0.267. The van der Waals surface area contributed by atoms with E-state index in [1.807, 2.05) is 25.3 Å². The lowest BCUT2D eigenvalue weighted by Crippen LogP contribution is -2.23. The van der Waals surface area contributed by atoms with Gasteiger partial charge in [0, 0.05) is 18.9 Å². The van der Waals surface area contributed by atoms with Crippen molar-refractivity contribution < 1.29 is 9.18 Å². The molecule has 0 fully saturated rings. The van der Waals surface area contributed by atoms with Gasteiger partial charge < -0.3 is 9.72 Å². The highest BCUT2D eigenvalue weighted by Crippen LogP contribution is 2.10. The Morgan fingerprint density at radius 1 is 1.27 bits per heavy atom. The lowest BCUT2D eigenvalue weighted by molar-refractivity contribution is 0.0946. The maximum Gasteiger partial charge on any atom is 0.271 e. The van der Waals surface area contributed by atoms with E-state index in [-0.39, 0.29) is 18.3 Å². The summed E-state index contributed by atoms with van der Waals surface area (Å²) in [6, 6.07) is 8.79. The summed E-state index contributed by atoms with van der Waals surface area (Å²) in [7, 11) is 0. The third-order valence-corrected chi connectivity index (χ3v) is 3.54. The molecule has 0 saturated carbocycles. The summed E-state index contributed by atoms with van der Waals surface area (Å²) in [6.07, 6.45) is 3.55. The zero-order valence-electron chi connectivity index (χ0n) is 12.4. The van der Waals surface area contributed by atoms with Crippen molar-refractivity contribution in [1.29, 1.82) is 0 Å². The molecule has 0 bridgehead atoms. The molecule has 1 aromatic carbocycles. The van der Waals surface area contributed by atoms with E-state index in [4.69, 9.17) is 0 Å². The molecule has 0 aliphatic carbocycles. The second kappa shape index (κ2) is 5.60. The maximum atomic E-state index is 13.5. The van der Waals surface area contributed by atoms with Gasteiger partial charge in [-0.25, -0.2) is 9.37 Å². The van der Waals surface area contributed by atoms with Crippen LogP contribution in [0.3, 0.4) is 0 Å². The Kier molecular flexibility index (Phi) is 3.63. The first-order valence-corrected chi connectivity index (χ1v) is 7.01. The van der Waals surface area contributed by atoms with E-state index in [2.05, 4.69) is 10.3 Å². The van der Waals surface area contributed by atoms with Gasteiger partial charge in [-0.15, -0.1) is 0 Å². The van der Waals surface area contributed by atoms with E-state index < -0.39 is 0 Å². The van der Waals surface area contributed by atoms with Gasteiger partial charge in [-0.2, -0.15) is 0 Å². The van der Waals surface area contributed by atoms with Gasteiger partial charge in [0.1, 0.15) is 17.2 Å². The number of hydrogen-bond acceptors (Lipinski definition) is 2. The van der Waals surface area contributed by atoms with E-state index in [0.717, 1.165) is 16.8 Å². The number of aromatic nitrogens is 2. The second-order valence-corrected chi connectivity index (χ2v) is 5.36. The normalized spacial score (nSPS) is 10.9. The van der Waals surface area contributed by atoms with Crippen LogP contribution in [-0.2, 0) is 6.54 Å². The summed E-state index contributed by atoms with van der Waals surface area (Å²) < 4.78 is 15.3. The number of carbonyl (C=O) groups excluding carboxylic acids is 1. The predicted molar refractivity (Wildman–Crippen MR) is 82.2 cm³/mol. The molecule has 0 aliphatic rings. The van der Waals surface area contributed by atoms with Crippen LogP contribution < -0.4 is 5.32 Å². The minimum Gasteiger partial charge on any atom is -0.347 e. The maximum absolute atomic E-state index is 13.5. The Balaban J connectivity index is 1.74. The molecule has 0 atom stereocenters. The highest BCUT2D eigenvalue weighted by Gasteiger charge is 2.10. The molecule has 0 spiro atoms. The van der Waals surface area contributed by atoms with Crippen molar-refractivity contribution in [3.05, 3.63) is 70.9 Å². The van der Waals surface area contributed by atoms with Crippen molar-refractivity contribution in [2.45, 2.75) is 20.4 Å². The molecule has 4 nitrogen and oxygen atoms in total. The fraction of sp³-hybridized carbons (Fsp3) is 0.176. The molecule has 0 aliphatic heterocycles. The zero-order chi connectivity index (χ0) is 15.7. The van der Waals surface area contributed by atoms with E-state index in [9.17, 15) is 9.18 Å². The average molecular weight is 297 g/mol. The molecule has 0 radical (unpaired) electrons. The fourth-order valence-electron chi connectivity index (χ4n) is 2.21. The van der Waals surface area contributed by atoms with Crippen molar-refractivity contribution >= 4 is 11.6 Å². The highest BCUT2D eigenvalue weighted by molar-refractivity contribution is 5.92. The van der Waals surface area contributed by atoms with Gasteiger partial charge in [-0.3, -0.25) is 4.79 Å². The van der Waals surface area contributed by atoms with Crippen LogP contribution >= 0.6 is 0 Å². The van der Waals surface area contributed by atoms with Crippen LogP contribution in [0.4, 0.5) is 4.39 Å². The zero-order valence-corrected chi connectivity index (χ0v) is 12.4. The Morgan fingerprint density at radius 2 is 2.09 bits per heavy atom. The van der Waals surface area contributed by atoms with Gasteiger partial charge in [0.2, 0.25) is 0 Å². The number of amides is 1. The van der Waals surface area contributed by atoms with E-state index in [1.54, 1.807) is 29.7 Å². The Labute approximate surface area is 127 Å². The molecule has 1 amide bonds. The van der Waals surface area contributed by atoms with Gasteiger partial charge in [0.25, 0.3) is 5.91 Å². The van der Waals surface area contributed by atoms with Gasteiger partial charge in [0.15, 0.2) is 0 Å². The summed E-state index contributed by atoms with van der Waals surface area (Å²) in [5, 5.41) is 2.76. The summed E-state index contributed by atoms with van der Waals surface area (Å²) in [5.74, 6) is -0.544. The second-order valence-electron chi connectivity index (χ2n) is 5.36. The number of nitrogens with one attached hydrogen (secondary N) is 1. The Hall–Kier alpha value is -2.69. The first kappa shape index (κ1) is 14.3. The first-order valence-electron chi connectivity index (χ1n) is 7.01. The molecule has 3 aromatic rings. The largest absolute Gasteiger partial charge is 0.347 e. The van der Waals surface area contributed by atoms with Crippen LogP contribution in [-0.4, -0.2) is 15.3 Å². The molecular weight excluding hydrogens is 281 g/mol. The number of halogens is 1. The lowest BCUT2D eigenvalue weighted by Gasteiger charge is -2.04. The molecule has 0 saturated heterocycles. The van der Waals surface area contributed by atoms with E-state index in [1.165, 1.54) is 6.07 Å². The molecule has 5 heteroatoms. The van der Waals surface area contributed by atoms with Crippen molar-refractivity contribution in [3.63, 3.8) is 0 Å². The van der Waals surface area contributed by atoms with Crippen molar-refractivity contribution in [3.8, 4) is 0 Å².